The molecule has 2 heteroatoms. The van der Waals surface area contributed by atoms with Gasteiger partial charge in [-0.25, -0.2) is 0 Å². The van der Waals surface area contributed by atoms with Crippen molar-refractivity contribution in [2.75, 3.05) is 6.54 Å². The molecule has 2 atom stereocenters. The van der Waals surface area contributed by atoms with E-state index in [1.165, 1.54) is 25.7 Å². The monoisotopic (exact) mass is 233 g/mol. The van der Waals surface area contributed by atoms with E-state index >= 15 is 0 Å². The fraction of sp³-hybridized carbons (Fsp3) is 0.600. The molecule has 1 aliphatic carbocycles. The van der Waals surface area contributed by atoms with Gasteiger partial charge in [0.05, 0.1) is 0 Å². The molecule has 94 valence electrons. The van der Waals surface area contributed by atoms with Crippen LogP contribution in [0.25, 0.3) is 0 Å². The fourth-order valence-corrected chi connectivity index (χ4v) is 2.82. The Morgan fingerprint density at radius 1 is 1.29 bits per heavy atom. The molecule has 1 aromatic rings. The lowest BCUT2D eigenvalue weighted by molar-refractivity contribution is 0.274. The van der Waals surface area contributed by atoms with Gasteiger partial charge in [-0.1, -0.05) is 38.0 Å². The van der Waals surface area contributed by atoms with Gasteiger partial charge >= 0.3 is 0 Å². The maximum Gasteiger partial charge on any atom is 0.120 e. The van der Waals surface area contributed by atoms with E-state index in [1.54, 1.807) is 6.07 Å². The molecule has 1 aliphatic rings. The molecule has 17 heavy (non-hydrogen) atoms. The van der Waals surface area contributed by atoms with E-state index in [-0.39, 0.29) is 0 Å². The van der Waals surface area contributed by atoms with Crippen LogP contribution in [0.5, 0.6) is 5.75 Å². The summed E-state index contributed by atoms with van der Waals surface area (Å²) < 4.78 is 0. The minimum absolute atomic E-state index is 0.400. The molecule has 0 spiro atoms. The molecular formula is C15H23NO. The van der Waals surface area contributed by atoms with Gasteiger partial charge in [0.2, 0.25) is 0 Å². The Morgan fingerprint density at radius 2 is 2.12 bits per heavy atom. The highest BCUT2D eigenvalue weighted by Crippen LogP contribution is 2.28. The molecule has 0 heterocycles. The van der Waals surface area contributed by atoms with Crippen LogP contribution in [0.15, 0.2) is 24.3 Å². The lowest BCUT2D eigenvalue weighted by Crippen LogP contribution is -2.26. The van der Waals surface area contributed by atoms with E-state index in [2.05, 4.69) is 12.2 Å². The van der Waals surface area contributed by atoms with Crippen molar-refractivity contribution < 1.29 is 5.11 Å². The lowest BCUT2D eigenvalue weighted by Gasteiger charge is -2.26. The van der Waals surface area contributed by atoms with Gasteiger partial charge in [-0.15, -0.1) is 0 Å². The third-order valence-corrected chi connectivity index (χ3v) is 3.79. The SMILES string of the molecule is CC1CCCC(CNCc2ccccc2O)C1. The molecular weight excluding hydrogens is 210 g/mol. The maximum atomic E-state index is 9.65. The summed E-state index contributed by atoms with van der Waals surface area (Å²) in [6.07, 6.45) is 5.49. The lowest BCUT2D eigenvalue weighted by atomic mass is 9.82. The average molecular weight is 233 g/mol. The topological polar surface area (TPSA) is 32.3 Å². The Balaban J connectivity index is 1.74. The molecule has 0 aliphatic heterocycles. The Labute approximate surface area is 104 Å². The van der Waals surface area contributed by atoms with Crippen LogP contribution in [0.1, 0.15) is 38.2 Å². The zero-order valence-electron chi connectivity index (χ0n) is 10.7. The summed E-state index contributed by atoms with van der Waals surface area (Å²) >= 11 is 0. The number of rotatable bonds is 4. The van der Waals surface area contributed by atoms with Crippen molar-refractivity contribution in [2.24, 2.45) is 11.8 Å². The number of hydrogen-bond acceptors (Lipinski definition) is 2. The Bertz CT molecular complexity index is 351. The fourth-order valence-electron chi connectivity index (χ4n) is 2.82. The third kappa shape index (κ3) is 3.74. The minimum Gasteiger partial charge on any atom is -0.508 e. The number of nitrogens with one attached hydrogen (secondary N) is 1. The van der Waals surface area contributed by atoms with Crippen molar-refractivity contribution in [3.8, 4) is 5.75 Å². The molecule has 2 rings (SSSR count). The summed E-state index contributed by atoms with van der Waals surface area (Å²) in [5.74, 6) is 2.11. The van der Waals surface area contributed by atoms with Crippen molar-refractivity contribution in [3.63, 3.8) is 0 Å². The predicted octanol–water partition coefficient (Wildman–Crippen LogP) is 3.31. The van der Waals surface area contributed by atoms with Gasteiger partial charge in [0.1, 0.15) is 5.75 Å². The quantitative estimate of drug-likeness (QED) is 0.836. The molecule has 0 radical (unpaired) electrons. The highest BCUT2D eigenvalue weighted by Gasteiger charge is 2.18. The van der Waals surface area contributed by atoms with Gasteiger partial charge in [-0.2, -0.15) is 0 Å². The summed E-state index contributed by atoms with van der Waals surface area (Å²) in [7, 11) is 0. The zero-order valence-corrected chi connectivity index (χ0v) is 10.7. The first kappa shape index (κ1) is 12.4. The predicted molar refractivity (Wildman–Crippen MR) is 70.9 cm³/mol. The second kappa shape index (κ2) is 6.06. The number of hydrogen-bond donors (Lipinski definition) is 2. The van der Waals surface area contributed by atoms with Gasteiger partial charge in [0.25, 0.3) is 0 Å². The zero-order chi connectivity index (χ0) is 12.1. The Morgan fingerprint density at radius 3 is 2.88 bits per heavy atom. The minimum atomic E-state index is 0.400. The van der Waals surface area contributed by atoms with Crippen LogP contribution in [0, 0.1) is 11.8 Å². The largest absolute Gasteiger partial charge is 0.508 e. The van der Waals surface area contributed by atoms with E-state index in [0.717, 1.165) is 30.5 Å². The molecule has 0 saturated heterocycles. The number of aromatic hydroxyl groups is 1. The first-order chi connectivity index (χ1) is 8.25. The second-order valence-corrected chi connectivity index (χ2v) is 5.40. The number of benzene rings is 1. The van der Waals surface area contributed by atoms with Gasteiger partial charge in [0.15, 0.2) is 0 Å². The number of phenols is 1. The highest BCUT2D eigenvalue weighted by molar-refractivity contribution is 5.31. The molecule has 1 aromatic carbocycles. The standard InChI is InChI=1S/C15H23NO/c1-12-5-4-6-13(9-12)10-16-11-14-7-2-3-8-15(14)17/h2-3,7-8,12-13,16-17H,4-6,9-11H2,1H3. The van der Waals surface area contributed by atoms with Crippen molar-refractivity contribution in [1.82, 2.24) is 5.32 Å². The van der Waals surface area contributed by atoms with E-state index in [4.69, 9.17) is 0 Å². The van der Waals surface area contributed by atoms with Crippen LogP contribution >= 0.6 is 0 Å². The van der Waals surface area contributed by atoms with E-state index in [0.29, 0.717) is 5.75 Å². The molecule has 2 N–H and O–H groups in total. The Kier molecular flexibility index (Phi) is 4.43. The first-order valence-corrected chi connectivity index (χ1v) is 6.73. The molecule has 0 aromatic heterocycles. The second-order valence-electron chi connectivity index (χ2n) is 5.40. The number of phenolic OH excluding ortho intramolecular Hbond substituents is 1. The highest BCUT2D eigenvalue weighted by atomic mass is 16.3. The van der Waals surface area contributed by atoms with Crippen LogP contribution in [-0.2, 0) is 6.54 Å². The van der Waals surface area contributed by atoms with E-state index < -0.39 is 0 Å². The first-order valence-electron chi connectivity index (χ1n) is 6.73. The summed E-state index contributed by atoms with van der Waals surface area (Å²) in [6, 6.07) is 7.56. The van der Waals surface area contributed by atoms with Gasteiger partial charge in [-0.05, 0) is 37.3 Å². The molecule has 0 amide bonds. The normalized spacial score (nSPS) is 24.8. The van der Waals surface area contributed by atoms with Crippen LogP contribution in [0.4, 0.5) is 0 Å². The molecule has 2 nitrogen and oxygen atoms in total. The van der Waals surface area contributed by atoms with Crippen LogP contribution in [0.3, 0.4) is 0 Å². The Hall–Kier alpha value is -1.02. The molecule has 2 unspecified atom stereocenters. The van der Waals surface area contributed by atoms with Gasteiger partial charge in [-0.3, -0.25) is 0 Å². The summed E-state index contributed by atoms with van der Waals surface area (Å²) in [4.78, 5) is 0. The smallest absolute Gasteiger partial charge is 0.120 e. The van der Waals surface area contributed by atoms with Crippen molar-refractivity contribution >= 4 is 0 Å². The van der Waals surface area contributed by atoms with Crippen LogP contribution < -0.4 is 5.32 Å². The average Bonchev–Trinajstić information content (AvgIpc) is 2.32. The van der Waals surface area contributed by atoms with E-state index in [1.807, 2.05) is 18.2 Å². The van der Waals surface area contributed by atoms with Gasteiger partial charge < -0.3 is 10.4 Å². The number of para-hydroxylation sites is 1. The van der Waals surface area contributed by atoms with Crippen molar-refractivity contribution in [3.05, 3.63) is 29.8 Å². The summed E-state index contributed by atoms with van der Waals surface area (Å²) in [5, 5.41) is 13.1. The third-order valence-electron chi connectivity index (χ3n) is 3.79. The molecule has 1 saturated carbocycles. The molecule has 0 bridgehead atoms. The maximum absolute atomic E-state index is 9.65. The van der Waals surface area contributed by atoms with Crippen LogP contribution in [0.2, 0.25) is 0 Å². The van der Waals surface area contributed by atoms with Crippen molar-refractivity contribution in [1.29, 1.82) is 0 Å². The van der Waals surface area contributed by atoms with Crippen LogP contribution in [-0.4, -0.2) is 11.7 Å². The summed E-state index contributed by atoms with van der Waals surface area (Å²) in [6.45, 7) is 4.21. The van der Waals surface area contributed by atoms with Crippen molar-refractivity contribution in [2.45, 2.75) is 39.2 Å². The van der Waals surface area contributed by atoms with Gasteiger partial charge in [0, 0.05) is 12.1 Å². The molecule has 1 fully saturated rings. The summed E-state index contributed by atoms with van der Waals surface area (Å²) in [5.41, 5.74) is 0.997. The van der Waals surface area contributed by atoms with E-state index in [9.17, 15) is 5.11 Å².